The number of methoxy groups -OCH3 is 1. The summed E-state index contributed by atoms with van der Waals surface area (Å²) in [5, 5.41) is 1.15. The minimum atomic E-state index is -0.427. The van der Waals surface area contributed by atoms with Gasteiger partial charge in [-0.15, -0.1) is 0 Å². The summed E-state index contributed by atoms with van der Waals surface area (Å²) in [5.41, 5.74) is 4.40. The predicted octanol–water partition coefficient (Wildman–Crippen LogP) is 3.08. The summed E-state index contributed by atoms with van der Waals surface area (Å²) in [5.74, 6) is 0.876. The number of para-hydroxylation sites is 1. The number of aromatic amines is 1. The first-order valence-corrected chi connectivity index (χ1v) is 10.4. The number of carbonyl (C=O) groups excluding carboxylic acids is 2. The van der Waals surface area contributed by atoms with Crippen LogP contribution in [0, 0.1) is 0 Å². The topological polar surface area (TPSA) is 65.6 Å². The zero-order valence-electron chi connectivity index (χ0n) is 17.2. The molecular formula is C24H25N3O3. The molecule has 1 fully saturated rings. The molecule has 1 N–H and O–H groups in total. The number of H-pyrrole nitrogens is 1. The number of nitrogens with zero attached hydrogens (tertiary/aromatic N) is 2. The van der Waals surface area contributed by atoms with Crippen molar-refractivity contribution in [2.75, 3.05) is 20.2 Å². The minimum absolute atomic E-state index is 0.0196. The van der Waals surface area contributed by atoms with E-state index in [-0.39, 0.29) is 24.4 Å². The quantitative estimate of drug-likeness (QED) is 0.728. The predicted molar refractivity (Wildman–Crippen MR) is 114 cm³/mol. The van der Waals surface area contributed by atoms with E-state index in [0.29, 0.717) is 19.4 Å². The van der Waals surface area contributed by atoms with Crippen molar-refractivity contribution >= 4 is 22.7 Å². The molecular weight excluding hydrogens is 378 g/mol. The Balaban J connectivity index is 1.38. The van der Waals surface area contributed by atoms with E-state index in [1.54, 1.807) is 16.9 Å². The summed E-state index contributed by atoms with van der Waals surface area (Å²) in [6.07, 6.45) is 1.27. The van der Waals surface area contributed by atoms with Crippen LogP contribution in [-0.2, 0) is 22.4 Å². The van der Waals surface area contributed by atoms with E-state index in [4.69, 9.17) is 4.74 Å². The smallest absolute Gasteiger partial charge is 0.246 e. The van der Waals surface area contributed by atoms with Gasteiger partial charge in [-0.05, 0) is 42.7 Å². The summed E-state index contributed by atoms with van der Waals surface area (Å²) in [4.78, 5) is 33.3. The molecule has 0 bridgehead atoms. The van der Waals surface area contributed by atoms with Crippen LogP contribution < -0.4 is 4.74 Å². The molecule has 6 heteroatoms. The van der Waals surface area contributed by atoms with Gasteiger partial charge in [0.2, 0.25) is 11.8 Å². The third kappa shape index (κ3) is 2.95. The van der Waals surface area contributed by atoms with Crippen molar-refractivity contribution in [3.8, 4) is 5.75 Å². The van der Waals surface area contributed by atoms with Crippen LogP contribution in [0.4, 0.5) is 0 Å². The molecule has 0 saturated carbocycles. The fourth-order valence-electron chi connectivity index (χ4n) is 4.87. The summed E-state index contributed by atoms with van der Waals surface area (Å²) < 4.78 is 5.20. The van der Waals surface area contributed by atoms with Crippen molar-refractivity contribution in [2.24, 2.45) is 0 Å². The number of amides is 2. The van der Waals surface area contributed by atoms with Crippen LogP contribution in [0.5, 0.6) is 5.75 Å². The van der Waals surface area contributed by atoms with E-state index in [1.165, 1.54) is 0 Å². The fourth-order valence-corrected chi connectivity index (χ4v) is 4.87. The second-order valence-electron chi connectivity index (χ2n) is 8.12. The van der Waals surface area contributed by atoms with Crippen molar-refractivity contribution in [3.05, 3.63) is 65.4 Å². The molecule has 3 aromatic rings. The first-order chi connectivity index (χ1) is 14.6. The maximum atomic E-state index is 13.3. The Kier molecular flexibility index (Phi) is 4.50. The van der Waals surface area contributed by atoms with Gasteiger partial charge in [-0.1, -0.05) is 30.3 Å². The van der Waals surface area contributed by atoms with E-state index in [0.717, 1.165) is 33.5 Å². The van der Waals surface area contributed by atoms with Crippen molar-refractivity contribution in [1.29, 1.82) is 0 Å². The maximum absolute atomic E-state index is 13.3. The number of hydrogen-bond donors (Lipinski definition) is 1. The zero-order valence-corrected chi connectivity index (χ0v) is 17.2. The molecule has 0 spiro atoms. The van der Waals surface area contributed by atoms with Crippen molar-refractivity contribution in [1.82, 2.24) is 14.8 Å². The average Bonchev–Trinajstić information content (AvgIpc) is 3.15. The Morgan fingerprint density at radius 2 is 1.87 bits per heavy atom. The van der Waals surface area contributed by atoms with Gasteiger partial charge in [-0.3, -0.25) is 9.59 Å². The Morgan fingerprint density at radius 3 is 2.63 bits per heavy atom. The molecule has 0 aliphatic carbocycles. The maximum Gasteiger partial charge on any atom is 0.246 e. The highest BCUT2D eigenvalue weighted by molar-refractivity contribution is 5.97. The number of fused-ring (bicyclic) bond motifs is 4. The second-order valence-corrected chi connectivity index (χ2v) is 8.12. The minimum Gasteiger partial charge on any atom is -0.497 e. The molecule has 2 aliphatic rings. The van der Waals surface area contributed by atoms with Crippen LogP contribution in [0.2, 0.25) is 0 Å². The summed E-state index contributed by atoms with van der Waals surface area (Å²) in [7, 11) is 1.64. The molecule has 2 aliphatic heterocycles. The van der Waals surface area contributed by atoms with Gasteiger partial charge >= 0.3 is 0 Å². The number of carbonyl (C=O) groups is 2. The average molecular weight is 403 g/mol. The Hall–Kier alpha value is -3.28. The zero-order chi connectivity index (χ0) is 20.8. The number of piperazine rings is 1. The summed E-state index contributed by atoms with van der Waals surface area (Å²) >= 11 is 0. The third-order valence-corrected chi connectivity index (χ3v) is 6.46. The third-order valence-electron chi connectivity index (χ3n) is 6.46. The Morgan fingerprint density at radius 1 is 1.10 bits per heavy atom. The van der Waals surface area contributed by atoms with Gasteiger partial charge in [0.05, 0.1) is 19.7 Å². The van der Waals surface area contributed by atoms with Crippen molar-refractivity contribution in [2.45, 2.75) is 31.8 Å². The van der Waals surface area contributed by atoms with Crippen LogP contribution in [0.25, 0.3) is 10.9 Å². The molecule has 5 rings (SSSR count). The Bertz CT molecular complexity index is 1120. The first-order valence-electron chi connectivity index (χ1n) is 10.4. The van der Waals surface area contributed by atoms with E-state index in [1.807, 2.05) is 49.4 Å². The lowest BCUT2D eigenvalue weighted by molar-refractivity contribution is -0.159. The normalized spacial score (nSPS) is 21.0. The molecule has 30 heavy (non-hydrogen) atoms. The van der Waals surface area contributed by atoms with Crippen LogP contribution >= 0.6 is 0 Å². The van der Waals surface area contributed by atoms with Crippen LogP contribution in [-0.4, -0.2) is 52.8 Å². The highest BCUT2D eigenvalue weighted by atomic mass is 16.5. The molecule has 0 radical (unpaired) electrons. The molecule has 0 unspecified atom stereocenters. The lowest BCUT2D eigenvalue weighted by Gasteiger charge is -2.46. The van der Waals surface area contributed by atoms with Crippen molar-refractivity contribution in [3.63, 3.8) is 0 Å². The van der Waals surface area contributed by atoms with Gasteiger partial charge in [0, 0.05) is 29.6 Å². The summed E-state index contributed by atoms with van der Waals surface area (Å²) in [6.45, 7) is 2.69. The van der Waals surface area contributed by atoms with Gasteiger partial charge in [-0.2, -0.15) is 0 Å². The fraction of sp³-hybridized carbons (Fsp3) is 0.333. The number of benzene rings is 2. The SMILES string of the molecule is COc1ccc(CCN2CC(=O)N3[C@H](C)c4[nH]c5ccccc5c4C[C@H]3C2=O)cc1. The molecule has 6 nitrogen and oxygen atoms in total. The molecule has 2 aromatic carbocycles. The molecule has 1 aromatic heterocycles. The second kappa shape index (κ2) is 7.20. The first kappa shape index (κ1) is 18.7. The number of aromatic nitrogens is 1. The molecule has 2 amide bonds. The van der Waals surface area contributed by atoms with E-state index >= 15 is 0 Å². The van der Waals surface area contributed by atoms with E-state index in [2.05, 4.69) is 11.1 Å². The number of hydrogen-bond acceptors (Lipinski definition) is 3. The standard InChI is InChI=1S/C24H25N3O3/c1-15-23-19(18-5-3-4-6-20(18)25-23)13-21-24(29)26(14-22(28)27(15)21)12-11-16-7-9-17(30-2)10-8-16/h3-10,15,21,25H,11-14H2,1-2H3/t15-,21+/m1/s1. The Labute approximate surface area is 175 Å². The van der Waals surface area contributed by atoms with E-state index in [9.17, 15) is 9.59 Å². The highest BCUT2D eigenvalue weighted by Crippen LogP contribution is 2.38. The van der Waals surface area contributed by atoms with Crippen LogP contribution in [0.3, 0.4) is 0 Å². The van der Waals surface area contributed by atoms with Crippen LogP contribution in [0.15, 0.2) is 48.5 Å². The van der Waals surface area contributed by atoms with Gasteiger partial charge < -0.3 is 19.5 Å². The van der Waals surface area contributed by atoms with Gasteiger partial charge in [-0.25, -0.2) is 0 Å². The number of ether oxygens (including phenoxy) is 1. The monoisotopic (exact) mass is 403 g/mol. The molecule has 1 saturated heterocycles. The largest absolute Gasteiger partial charge is 0.497 e. The lowest BCUT2D eigenvalue weighted by Crippen LogP contribution is -2.62. The van der Waals surface area contributed by atoms with Gasteiger partial charge in [0.15, 0.2) is 0 Å². The van der Waals surface area contributed by atoms with E-state index < -0.39 is 6.04 Å². The summed E-state index contributed by atoms with van der Waals surface area (Å²) in [6, 6.07) is 15.4. The molecule has 2 atom stereocenters. The van der Waals surface area contributed by atoms with Crippen LogP contribution in [0.1, 0.15) is 29.8 Å². The van der Waals surface area contributed by atoms with Gasteiger partial charge in [0.25, 0.3) is 0 Å². The number of rotatable bonds is 4. The molecule has 154 valence electrons. The van der Waals surface area contributed by atoms with Gasteiger partial charge in [0.1, 0.15) is 11.8 Å². The lowest BCUT2D eigenvalue weighted by atomic mass is 9.90. The molecule has 3 heterocycles. The highest BCUT2D eigenvalue weighted by Gasteiger charge is 2.45. The van der Waals surface area contributed by atoms with Crippen molar-refractivity contribution < 1.29 is 14.3 Å². The number of nitrogens with one attached hydrogen (secondary N) is 1.